The van der Waals surface area contributed by atoms with Crippen LogP contribution < -0.4 is 0 Å². The van der Waals surface area contributed by atoms with Crippen LogP contribution in [0.3, 0.4) is 0 Å². The molecular formula is C14H12BrNO5. The number of aliphatic hydroxyl groups is 1. The number of para-hydroxylation sites is 1. The van der Waals surface area contributed by atoms with Gasteiger partial charge in [0.1, 0.15) is 11.6 Å². The first kappa shape index (κ1) is 14.1. The quantitative estimate of drug-likeness (QED) is 0.859. The van der Waals surface area contributed by atoms with Gasteiger partial charge in [0, 0.05) is 18.4 Å². The molecular weight excluding hydrogens is 342 g/mol. The van der Waals surface area contributed by atoms with Crippen LogP contribution in [-0.4, -0.2) is 45.7 Å². The lowest BCUT2D eigenvalue weighted by Gasteiger charge is -2.19. The molecule has 1 aromatic heterocycles. The summed E-state index contributed by atoms with van der Waals surface area (Å²) in [5.41, 5.74) is 0.535. The number of carboxylic acids is 1. The number of aliphatic carboxylic acids is 1. The van der Waals surface area contributed by atoms with Gasteiger partial charge >= 0.3 is 5.97 Å². The number of likely N-dealkylation sites (tertiary alicyclic amines) is 1. The van der Waals surface area contributed by atoms with Gasteiger partial charge in [-0.15, -0.1) is 0 Å². The molecule has 0 spiro atoms. The fraction of sp³-hybridized carbons (Fsp3) is 0.286. The van der Waals surface area contributed by atoms with Crippen LogP contribution in [0.15, 0.2) is 33.2 Å². The number of carbonyl (C=O) groups is 2. The Bertz CT molecular complexity index is 725. The maximum Gasteiger partial charge on any atom is 0.326 e. The zero-order chi connectivity index (χ0) is 15.1. The van der Waals surface area contributed by atoms with Gasteiger partial charge in [-0.1, -0.05) is 12.1 Å². The topological polar surface area (TPSA) is 91.0 Å². The van der Waals surface area contributed by atoms with Crippen molar-refractivity contribution in [3.8, 4) is 0 Å². The Kier molecular flexibility index (Phi) is 3.46. The molecule has 2 aromatic rings. The van der Waals surface area contributed by atoms with Gasteiger partial charge in [-0.3, -0.25) is 4.79 Å². The van der Waals surface area contributed by atoms with Crippen molar-refractivity contribution in [1.82, 2.24) is 4.90 Å². The number of carbonyl (C=O) groups excluding carboxylic acids is 1. The number of β-amino-alcohol motifs (C(OH)–C–C–N with tert-alkyl or cyclic N) is 1. The molecule has 6 nitrogen and oxygen atoms in total. The van der Waals surface area contributed by atoms with Crippen LogP contribution in [0.25, 0.3) is 11.0 Å². The van der Waals surface area contributed by atoms with Crippen LogP contribution in [0.5, 0.6) is 0 Å². The molecule has 2 N–H and O–H groups in total. The zero-order valence-corrected chi connectivity index (χ0v) is 12.4. The molecule has 0 aliphatic carbocycles. The van der Waals surface area contributed by atoms with E-state index in [1.807, 2.05) is 6.07 Å². The molecule has 21 heavy (non-hydrogen) atoms. The molecule has 0 saturated carbocycles. The van der Waals surface area contributed by atoms with Gasteiger partial charge in [0.2, 0.25) is 0 Å². The number of hydrogen-bond acceptors (Lipinski definition) is 4. The number of benzene rings is 1. The number of fused-ring (bicyclic) bond motifs is 1. The Labute approximate surface area is 128 Å². The first-order chi connectivity index (χ1) is 9.97. The summed E-state index contributed by atoms with van der Waals surface area (Å²) >= 11 is 3.33. The van der Waals surface area contributed by atoms with Gasteiger partial charge in [-0.2, -0.15) is 0 Å². The Morgan fingerprint density at radius 2 is 2.14 bits per heavy atom. The van der Waals surface area contributed by atoms with E-state index >= 15 is 0 Å². The first-order valence-corrected chi connectivity index (χ1v) is 7.16. The fourth-order valence-electron chi connectivity index (χ4n) is 2.55. The molecule has 1 amide bonds. The van der Waals surface area contributed by atoms with E-state index in [0.29, 0.717) is 5.58 Å². The maximum atomic E-state index is 12.4. The Morgan fingerprint density at radius 1 is 1.38 bits per heavy atom. The van der Waals surface area contributed by atoms with Crippen molar-refractivity contribution < 1.29 is 24.2 Å². The van der Waals surface area contributed by atoms with Crippen LogP contribution >= 0.6 is 15.9 Å². The summed E-state index contributed by atoms with van der Waals surface area (Å²) in [5, 5.41) is 19.5. The Morgan fingerprint density at radius 3 is 2.81 bits per heavy atom. The summed E-state index contributed by atoms with van der Waals surface area (Å²) in [6.45, 7) is -0.00594. The lowest BCUT2D eigenvalue weighted by molar-refractivity contribution is -0.141. The smallest absolute Gasteiger partial charge is 0.326 e. The van der Waals surface area contributed by atoms with Gasteiger partial charge < -0.3 is 19.5 Å². The summed E-state index contributed by atoms with van der Waals surface area (Å²) < 4.78 is 6.24. The summed E-state index contributed by atoms with van der Waals surface area (Å²) in [4.78, 5) is 24.7. The number of furan rings is 1. The molecule has 0 bridgehead atoms. The minimum atomic E-state index is -1.13. The highest BCUT2D eigenvalue weighted by molar-refractivity contribution is 9.10. The molecule has 7 heteroatoms. The Balaban J connectivity index is 1.96. The number of amides is 1. The molecule has 1 aliphatic rings. The van der Waals surface area contributed by atoms with Crippen molar-refractivity contribution in [2.45, 2.75) is 18.6 Å². The van der Waals surface area contributed by atoms with E-state index < -0.39 is 24.0 Å². The molecule has 110 valence electrons. The number of nitrogens with zero attached hydrogens (tertiary/aromatic N) is 1. The van der Waals surface area contributed by atoms with Crippen LogP contribution in [0.2, 0.25) is 0 Å². The van der Waals surface area contributed by atoms with Gasteiger partial charge in [-0.25, -0.2) is 4.79 Å². The van der Waals surface area contributed by atoms with Crippen molar-refractivity contribution >= 4 is 38.8 Å². The molecule has 3 rings (SSSR count). The molecule has 1 aromatic carbocycles. The minimum absolute atomic E-state index is 0.00594. The van der Waals surface area contributed by atoms with Gasteiger partial charge in [0.15, 0.2) is 5.76 Å². The lowest BCUT2D eigenvalue weighted by atomic mass is 10.2. The largest absolute Gasteiger partial charge is 0.480 e. The van der Waals surface area contributed by atoms with E-state index in [1.54, 1.807) is 18.2 Å². The summed E-state index contributed by atoms with van der Waals surface area (Å²) in [6, 6.07) is 5.96. The maximum absolute atomic E-state index is 12.4. The monoisotopic (exact) mass is 353 g/mol. The minimum Gasteiger partial charge on any atom is -0.480 e. The van der Waals surface area contributed by atoms with E-state index in [0.717, 1.165) is 14.8 Å². The third-order valence-electron chi connectivity index (χ3n) is 3.53. The number of carboxylic acid groups (broad SMARTS) is 1. The van der Waals surface area contributed by atoms with Crippen LogP contribution in [-0.2, 0) is 4.79 Å². The average Bonchev–Trinajstić information content (AvgIpc) is 3.02. The lowest BCUT2D eigenvalue weighted by Crippen LogP contribution is -2.40. The molecule has 1 saturated heterocycles. The second-order valence-electron chi connectivity index (χ2n) is 4.97. The third kappa shape index (κ3) is 2.43. The molecule has 0 unspecified atom stereocenters. The van der Waals surface area contributed by atoms with Crippen LogP contribution in [0.4, 0.5) is 0 Å². The van der Waals surface area contributed by atoms with Gasteiger partial charge in [0.05, 0.1) is 10.6 Å². The van der Waals surface area contributed by atoms with Crippen molar-refractivity contribution in [3.63, 3.8) is 0 Å². The predicted molar refractivity (Wildman–Crippen MR) is 77.0 cm³/mol. The Hall–Kier alpha value is -1.86. The number of aliphatic hydroxyl groups excluding tert-OH is 1. The highest BCUT2D eigenvalue weighted by Gasteiger charge is 2.40. The molecule has 1 aliphatic heterocycles. The van der Waals surface area contributed by atoms with E-state index in [9.17, 15) is 14.7 Å². The fourth-order valence-corrected chi connectivity index (χ4v) is 3.01. The summed E-state index contributed by atoms with van der Waals surface area (Å²) in [7, 11) is 0. The van der Waals surface area contributed by atoms with Crippen molar-refractivity contribution in [1.29, 1.82) is 0 Å². The second-order valence-corrected chi connectivity index (χ2v) is 5.82. The molecule has 2 atom stereocenters. The van der Waals surface area contributed by atoms with E-state index in [2.05, 4.69) is 15.9 Å². The number of halogens is 1. The summed E-state index contributed by atoms with van der Waals surface area (Å²) in [5.74, 6) is -1.59. The SMILES string of the molecule is O=C(O)[C@@H]1C[C@H](O)CN1C(=O)c1cc2cccc(Br)c2o1. The number of hydrogen-bond donors (Lipinski definition) is 2. The zero-order valence-electron chi connectivity index (χ0n) is 10.8. The van der Waals surface area contributed by atoms with Gasteiger partial charge in [-0.05, 0) is 28.1 Å². The van der Waals surface area contributed by atoms with Crippen molar-refractivity contribution in [2.24, 2.45) is 0 Å². The van der Waals surface area contributed by atoms with Crippen LogP contribution in [0.1, 0.15) is 17.0 Å². The number of rotatable bonds is 2. The van der Waals surface area contributed by atoms with Crippen molar-refractivity contribution in [2.75, 3.05) is 6.54 Å². The predicted octanol–water partition coefficient (Wildman–Crippen LogP) is 1.86. The summed E-state index contributed by atoms with van der Waals surface area (Å²) in [6.07, 6.45) is -0.795. The average molecular weight is 354 g/mol. The normalized spacial score (nSPS) is 21.9. The first-order valence-electron chi connectivity index (χ1n) is 6.37. The van der Waals surface area contributed by atoms with Gasteiger partial charge in [0.25, 0.3) is 5.91 Å². The third-order valence-corrected chi connectivity index (χ3v) is 4.16. The second kappa shape index (κ2) is 5.16. The standard InChI is InChI=1S/C14H12BrNO5/c15-9-3-1-2-7-4-11(21-12(7)9)13(18)16-6-8(17)5-10(16)14(19)20/h1-4,8,10,17H,5-6H2,(H,19,20)/t8-,10-/m0/s1. The molecule has 0 radical (unpaired) electrons. The van der Waals surface area contributed by atoms with E-state index in [-0.39, 0.29) is 18.7 Å². The highest BCUT2D eigenvalue weighted by Crippen LogP contribution is 2.29. The van der Waals surface area contributed by atoms with E-state index in [4.69, 9.17) is 9.52 Å². The molecule has 1 fully saturated rings. The van der Waals surface area contributed by atoms with Crippen molar-refractivity contribution in [3.05, 3.63) is 34.5 Å². The highest BCUT2D eigenvalue weighted by atomic mass is 79.9. The van der Waals surface area contributed by atoms with Crippen LogP contribution in [0, 0.1) is 0 Å². The van der Waals surface area contributed by atoms with E-state index in [1.165, 1.54) is 0 Å². The molecule has 2 heterocycles.